The summed E-state index contributed by atoms with van der Waals surface area (Å²) in [5.41, 5.74) is 6.63. The highest BCUT2D eigenvalue weighted by Crippen LogP contribution is 2.28. The van der Waals surface area contributed by atoms with Crippen LogP contribution in [-0.4, -0.2) is 24.0 Å². The fourth-order valence-electron chi connectivity index (χ4n) is 1.83. The molecule has 7 heteroatoms. The van der Waals surface area contributed by atoms with E-state index in [9.17, 15) is 4.79 Å². The van der Waals surface area contributed by atoms with E-state index in [0.717, 1.165) is 27.5 Å². The van der Waals surface area contributed by atoms with Gasteiger partial charge in [0.05, 0.1) is 0 Å². The Labute approximate surface area is 141 Å². The van der Waals surface area contributed by atoms with Gasteiger partial charge < -0.3 is 16.0 Å². The highest BCUT2D eigenvalue weighted by Gasteiger charge is 2.18. The third-order valence-corrected chi connectivity index (χ3v) is 4.83. The van der Waals surface area contributed by atoms with Crippen LogP contribution >= 0.6 is 33.9 Å². The Bertz CT molecular complexity index is 622. The van der Waals surface area contributed by atoms with Crippen LogP contribution in [0, 0.1) is 3.57 Å². The van der Waals surface area contributed by atoms with Gasteiger partial charge in [0.2, 0.25) is 0 Å². The topological polar surface area (TPSA) is 71.2 Å². The molecule has 2 rings (SSSR count). The first-order chi connectivity index (χ1) is 10.0. The molecular weight excluding hydrogens is 399 g/mol. The SMILES string of the molecule is CCN(CC)c1nc(N)c(C(=O)Nc2ccc(I)cc2)s1. The van der Waals surface area contributed by atoms with Gasteiger partial charge in [0.1, 0.15) is 10.7 Å². The molecule has 0 radical (unpaired) electrons. The molecule has 0 saturated heterocycles. The number of benzene rings is 1. The normalized spacial score (nSPS) is 10.4. The molecule has 0 saturated carbocycles. The minimum atomic E-state index is -0.218. The van der Waals surface area contributed by atoms with Crippen molar-refractivity contribution >= 4 is 56.5 Å². The Morgan fingerprint density at radius 2 is 1.95 bits per heavy atom. The number of nitrogens with one attached hydrogen (secondary N) is 1. The van der Waals surface area contributed by atoms with E-state index in [4.69, 9.17) is 5.73 Å². The summed E-state index contributed by atoms with van der Waals surface area (Å²) in [4.78, 5) is 19.1. The summed E-state index contributed by atoms with van der Waals surface area (Å²) in [6, 6.07) is 7.60. The Morgan fingerprint density at radius 3 is 2.52 bits per heavy atom. The zero-order chi connectivity index (χ0) is 15.4. The first kappa shape index (κ1) is 16.0. The number of rotatable bonds is 5. The standard InChI is InChI=1S/C14H17IN4OS/c1-3-19(4-2)14-18-12(16)11(21-14)13(20)17-10-7-5-9(15)6-8-10/h5-8H,3-4,16H2,1-2H3,(H,17,20). The van der Waals surface area contributed by atoms with E-state index in [0.29, 0.717) is 4.88 Å². The molecule has 0 aliphatic carbocycles. The first-order valence-electron chi connectivity index (χ1n) is 6.63. The number of hydrogen-bond acceptors (Lipinski definition) is 5. The second kappa shape index (κ2) is 7.08. The highest BCUT2D eigenvalue weighted by molar-refractivity contribution is 14.1. The molecule has 2 aromatic rings. The lowest BCUT2D eigenvalue weighted by Gasteiger charge is -2.16. The minimum Gasteiger partial charge on any atom is -0.382 e. The Hall–Kier alpha value is -1.35. The van der Waals surface area contributed by atoms with Gasteiger partial charge in [-0.25, -0.2) is 4.98 Å². The van der Waals surface area contributed by atoms with Crippen molar-refractivity contribution in [1.82, 2.24) is 4.98 Å². The molecule has 0 atom stereocenters. The monoisotopic (exact) mass is 416 g/mol. The molecule has 0 spiro atoms. The maximum absolute atomic E-state index is 12.3. The summed E-state index contributed by atoms with van der Waals surface area (Å²) in [7, 11) is 0. The van der Waals surface area contributed by atoms with E-state index in [1.54, 1.807) is 0 Å². The number of nitrogens with two attached hydrogens (primary N) is 1. The van der Waals surface area contributed by atoms with Gasteiger partial charge in [0, 0.05) is 22.3 Å². The van der Waals surface area contributed by atoms with Gasteiger partial charge in [0.25, 0.3) is 5.91 Å². The van der Waals surface area contributed by atoms with E-state index in [1.807, 2.05) is 38.1 Å². The average Bonchev–Trinajstić information content (AvgIpc) is 2.85. The Balaban J connectivity index is 2.17. The molecule has 1 heterocycles. The van der Waals surface area contributed by atoms with Crippen molar-refractivity contribution in [3.05, 3.63) is 32.7 Å². The number of carbonyl (C=O) groups excluding carboxylic acids is 1. The number of halogens is 1. The van der Waals surface area contributed by atoms with Gasteiger partial charge in [-0.15, -0.1) is 0 Å². The number of nitrogens with zero attached hydrogens (tertiary/aromatic N) is 2. The van der Waals surface area contributed by atoms with Crippen molar-refractivity contribution in [2.75, 3.05) is 29.0 Å². The van der Waals surface area contributed by atoms with E-state index in [1.165, 1.54) is 11.3 Å². The summed E-state index contributed by atoms with van der Waals surface area (Å²) in [5.74, 6) is 0.0644. The number of hydrogen-bond donors (Lipinski definition) is 2. The van der Waals surface area contributed by atoms with Crippen LogP contribution < -0.4 is 16.0 Å². The molecule has 1 amide bonds. The second-order valence-corrected chi connectivity index (χ2v) is 6.57. The number of nitrogen functional groups attached to an aromatic ring is 1. The molecule has 21 heavy (non-hydrogen) atoms. The molecule has 112 valence electrons. The number of thiazole rings is 1. The van der Waals surface area contributed by atoms with Crippen molar-refractivity contribution < 1.29 is 4.79 Å². The van der Waals surface area contributed by atoms with Crippen LogP contribution in [-0.2, 0) is 0 Å². The van der Waals surface area contributed by atoms with Crippen LogP contribution in [0.3, 0.4) is 0 Å². The number of amides is 1. The maximum Gasteiger partial charge on any atom is 0.269 e. The van der Waals surface area contributed by atoms with Crippen LogP contribution in [0.5, 0.6) is 0 Å². The molecule has 0 bridgehead atoms. The summed E-state index contributed by atoms with van der Waals surface area (Å²) in [6.07, 6.45) is 0. The molecule has 1 aromatic carbocycles. The Morgan fingerprint density at radius 1 is 1.33 bits per heavy atom. The van der Waals surface area contributed by atoms with E-state index >= 15 is 0 Å². The summed E-state index contributed by atoms with van der Waals surface area (Å²) in [5, 5.41) is 3.63. The van der Waals surface area contributed by atoms with Crippen LogP contribution in [0.25, 0.3) is 0 Å². The summed E-state index contributed by atoms with van der Waals surface area (Å²) in [6.45, 7) is 5.77. The van der Waals surface area contributed by atoms with Crippen LogP contribution in [0.1, 0.15) is 23.5 Å². The quantitative estimate of drug-likeness (QED) is 0.733. The van der Waals surface area contributed by atoms with Crippen molar-refractivity contribution in [1.29, 1.82) is 0 Å². The van der Waals surface area contributed by atoms with Crippen molar-refractivity contribution in [3.63, 3.8) is 0 Å². The predicted molar refractivity (Wildman–Crippen MR) is 97.2 cm³/mol. The van der Waals surface area contributed by atoms with Gasteiger partial charge in [-0.1, -0.05) is 11.3 Å². The van der Waals surface area contributed by atoms with Gasteiger partial charge in [0.15, 0.2) is 5.13 Å². The zero-order valence-corrected chi connectivity index (χ0v) is 14.9. The largest absolute Gasteiger partial charge is 0.382 e. The van der Waals surface area contributed by atoms with Gasteiger partial charge in [-0.05, 0) is 60.7 Å². The molecule has 3 N–H and O–H groups in total. The predicted octanol–water partition coefficient (Wildman–Crippen LogP) is 3.43. The van der Waals surface area contributed by atoms with E-state index in [2.05, 4.69) is 37.8 Å². The summed E-state index contributed by atoms with van der Waals surface area (Å²) >= 11 is 3.54. The van der Waals surface area contributed by atoms with Gasteiger partial charge >= 0.3 is 0 Å². The fourth-order valence-corrected chi connectivity index (χ4v) is 3.20. The van der Waals surface area contributed by atoms with Crippen molar-refractivity contribution in [2.24, 2.45) is 0 Å². The lowest BCUT2D eigenvalue weighted by atomic mass is 10.3. The van der Waals surface area contributed by atoms with Gasteiger partial charge in [-0.3, -0.25) is 4.79 Å². The lowest BCUT2D eigenvalue weighted by Crippen LogP contribution is -2.21. The number of aromatic nitrogens is 1. The second-order valence-electron chi connectivity index (χ2n) is 4.34. The third-order valence-electron chi connectivity index (χ3n) is 2.98. The van der Waals surface area contributed by atoms with Crippen LogP contribution in [0.2, 0.25) is 0 Å². The molecule has 0 aliphatic heterocycles. The molecule has 1 aromatic heterocycles. The molecule has 0 unspecified atom stereocenters. The van der Waals surface area contributed by atoms with E-state index in [-0.39, 0.29) is 11.7 Å². The van der Waals surface area contributed by atoms with E-state index < -0.39 is 0 Å². The fraction of sp³-hybridized carbons (Fsp3) is 0.286. The summed E-state index contributed by atoms with van der Waals surface area (Å²) < 4.78 is 1.12. The Kier molecular flexibility index (Phi) is 5.40. The smallest absolute Gasteiger partial charge is 0.269 e. The van der Waals surface area contributed by atoms with Crippen LogP contribution in [0.4, 0.5) is 16.6 Å². The molecule has 5 nitrogen and oxygen atoms in total. The van der Waals surface area contributed by atoms with Gasteiger partial charge in [-0.2, -0.15) is 0 Å². The molecule has 0 fully saturated rings. The van der Waals surface area contributed by atoms with Crippen LogP contribution in [0.15, 0.2) is 24.3 Å². The first-order valence-corrected chi connectivity index (χ1v) is 8.52. The average molecular weight is 416 g/mol. The maximum atomic E-state index is 12.3. The zero-order valence-electron chi connectivity index (χ0n) is 11.9. The minimum absolute atomic E-state index is 0.218. The number of anilines is 3. The lowest BCUT2D eigenvalue weighted by molar-refractivity contribution is 0.103. The highest BCUT2D eigenvalue weighted by atomic mass is 127. The molecule has 0 aliphatic rings. The van der Waals surface area contributed by atoms with Crippen molar-refractivity contribution in [2.45, 2.75) is 13.8 Å². The molecular formula is C14H17IN4OS. The van der Waals surface area contributed by atoms with Crippen molar-refractivity contribution in [3.8, 4) is 0 Å². The number of carbonyl (C=O) groups is 1. The third kappa shape index (κ3) is 3.85.